The van der Waals surface area contributed by atoms with Crippen LogP contribution in [0.25, 0.3) is 0 Å². The summed E-state index contributed by atoms with van der Waals surface area (Å²) in [6, 6.07) is 12.7. The molecule has 1 amide bonds. The molecule has 0 bridgehead atoms. The number of hydrogen-bond donors (Lipinski definition) is 2. The molecule has 0 fully saturated rings. The van der Waals surface area contributed by atoms with E-state index < -0.39 is 5.60 Å². The molecule has 0 spiro atoms. The topological polar surface area (TPSA) is 52.6 Å². The van der Waals surface area contributed by atoms with Gasteiger partial charge in [-0.2, -0.15) is 0 Å². The van der Waals surface area contributed by atoms with E-state index in [-0.39, 0.29) is 5.91 Å². The van der Waals surface area contributed by atoms with Crippen LogP contribution in [0.4, 0.5) is 0 Å². The molecule has 124 valence electrons. The Balaban J connectivity index is 2.17. The number of rotatable bonds is 8. The van der Waals surface area contributed by atoms with Crippen LogP contribution in [0, 0.1) is 0 Å². The summed E-state index contributed by atoms with van der Waals surface area (Å²) in [6.07, 6.45) is 0. The minimum Gasteiger partial charge on any atom is -0.371 e. The van der Waals surface area contributed by atoms with Crippen LogP contribution in [0.1, 0.15) is 24.3 Å². The number of nitrogens with zero attached hydrogens (tertiary/aromatic N) is 1. The second kappa shape index (κ2) is 8.24. The predicted molar refractivity (Wildman–Crippen MR) is 94.6 cm³/mol. The molecular formula is C18H24N2O2S. The smallest absolute Gasteiger partial charge is 0.262 e. The van der Waals surface area contributed by atoms with Gasteiger partial charge in [0.2, 0.25) is 5.60 Å². The Labute approximate surface area is 141 Å². The number of nitrogens with one attached hydrogen (secondary N) is 1. The average Bonchev–Trinajstić information content (AvgIpc) is 3.13. The first-order valence-electron chi connectivity index (χ1n) is 7.95. The van der Waals surface area contributed by atoms with Crippen LogP contribution in [0.2, 0.25) is 0 Å². The molecule has 2 aromatic rings. The van der Waals surface area contributed by atoms with Crippen LogP contribution in [-0.2, 0) is 10.4 Å². The Morgan fingerprint density at radius 3 is 2.43 bits per heavy atom. The molecule has 0 aliphatic heterocycles. The van der Waals surface area contributed by atoms with Gasteiger partial charge in [0, 0.05) is 13.1 Å². The molecule has 5 heteroatoms. The number of likely N-dealkylation sites (N-methyl/N-ethyl adjacent to an activating group) is 1. The first kappa shape index (κ1) is 17.7. The molecule has 0 aliphatic rings. The van der Waals surface area contributed by atoms with Gasteiger partial charge in [-0.1, -0.05) is 50.2 Å². The van der Waals surface area contributed by atoms with E-state index >= 15 is 0 Å². The summed E-state index contributed by atoms with van der Waals surface area (Å²) in [5.74, 6) is -0.377. The summed E-state index contributed by atoms with van der Waals surface area (Å²) in [5, 5.41) is 15.9. The highest BCUT2D eigenvalue weighted by Crippen LogP contribution is 2.32. The SMILES string of the molecule is CCN(CC)CCNC(=O)C(O)(c1ccccc1)c1cccs1. The maximum absolute atomic E-state index is 12.7. The van der Waals surface area contributed by atoms with Crippen molar-refractivity contribution in [3.05, 3.63) is 58.3 Å². The highest BCUT2D eigenvalue weighted by atomic mass is 32.1. The quantitative estimate of drug-likeness (QED) is 0.781. The van der Waals surface area contributed by atoms with Crippen LogP contribution in [-0.4, -0.2) is 42.1 Å². The number of amides is 1. The van der Waals surface area contributed by atoms with E-state index in [1.165, 1.54) is 11.3 Å². The molecule has 1 unspecified atom stereocenters. The Morgan fingerprint density at radius 1 is 1.17 bits per heavy atom. The lowest BCUT2D eigenvalue weighted by Crippen LogP contribution is -2.47. The lowest BCUT2D eigenvalue weighted by molar-refractivity contribution is -0.136. The van der Waals surface area contributed by atoms with Gasteiger partial charge < -0.3 is 15.3 Å². The van der Waals surface area contributed by atoms with Crippen molar-refractivity contribution in [2.75, 3.05) is 26.2 Å². The average molecular weight is 332 g/mol. The van der Waals surface area contributed by atoms with E-state index in [2.05, 4.69) is 24.1 Å². The molecule has 0 saturated carbocycles. The van der Waals surface area contributed by atoms with E-state index in [0.717, 1.165) is 19.6 Å². The monoisotopic (exact) mass is 332 g/mol. The minimum atomic E-state index is -1.64. The van der Waals surface area contributed by atoms with E-state index in [1.807, 2.05) is 29.6 Å². The molecule has 2 N–H and O–H groups in total. The molecule has 2 rings (SSSR count). The van der Waals surface area contributed by atoms with Gasteiger partial charge in [0.05, 0.1) is 4.88 Å². The Morgan fingerprint density at radius 2 is 1.87 bits per heavy atom. The van der Waals surface area contributed by atoms with Gasteiger partial charge in [-0.3, -0.25) is 4.79 Å². The van der Waals surface area contributed by atoms with Crippen LogP contribution in [0.15, 0.2) is 47.8 Å². The third-order valence-electron chi connectivity index (χ3n) is 4.01. The van der Waals surface area contributed by atoms with Crippen molar-refractivity contribution in [2.45, 2.75) is 19.4 Å². The zero-order valence-corrected chi connectivity index (χ0v) is 14.5. The van der Waals surface area contributed by atoms with Gasteiger partial charge in [-0.25, -0.2) is 0 Å². The summed E-state index contributed by atoms with van der Waals surface area (Å²) in [5.41, 5.74) is -1.05. The summed E-state index contributed by atoms with van der Waals surface area (Å²) in [7, 11) is 0. The number of hydrogen-bond acceptors (Lipinski definition) is 4. The number of aliphatic hydroxyl groups is 1. The number of carbonyl (C=O) groups is 1. The zero-order chi connectivity index (χ0) is 16.7. The Hall–Kier alpha value is -1.69. The van der Waals surface area contributed by atoms with Crippen LogP contribution >= 0.6 is 11.3 Å². The van der Waals surface area contributed by atoms with Gasteiger partial charge in [0.15, 0.2) is 0 Å². The second-order valence-corrected chi connectivity index (χ2v) is 6.28. The standard InChI is InChI=1S/C18H24N2O2S/c1-3-20(4-2)13-12-19-17(21)18(22,16-11-8-14-23-16)15-9-6-5-7-10-15/h5-11,14,22H,3-4,12-13H2,1-2H3,(H,19,21). The fraction of sp³-hybridized carbons (Fsp3) is 0.389. The molecule has 0 saturated heterocycles. The van der Waals surface area contributed by atoms with E-state index in [0.29, 0.717) is 17.0 Å². The highest BCUT2D eigenvalue weighted by Gasteiger charge is 2.40. The maximum atomic E-state index is 12.7. The summed E-state index contributed by atoms with van der Waals surface area (Å²) >= 11 is 1.38. The van der Waals surface area contributed by atoms with E-state index in [9.17, 15) is 9.90 Å². The van der Waals surface area contributed by atoms with Gasteiger partial charge in [0.1, 0.15) is 0 Å². The zero-order valence-electron chi connectivity index (χ0n) is 13.7. The number of benzene rings is 1. The molecule has 1 aromatic carbocycles. The molecule has 0 radical (unpaired) electrons. The molecule has 1 atom stereocenters. The minimum absolute atomic E-state index is 0.377. The number of carbonyl (C=O) groups excluding carboxylic acids is 1. The van der Waals surface area contributed by atoms with Gasteiger partial charge in [-0.15, -0.1) is 11.3 Å². The lowest BCUT2D eigenvalue weighted by Gasteiger charge is -2.27. The van der Waals surface area contributed by atoms with Gasteiger partial charge in [-0.05, 0) is 30.1 Å². The van der Waals surface area contributed by atoms with Gasteiger partial charge >= 0.3 is 0 Å². The van der Waals surface area contributed by atoms with Crippen molar-refractivity contribution < 1.29 is 9.90 Å². The van der Waals surface area contributed by atoms with Crippen molar-refractivity contribution >= 4 is 17.2 Å². The van der Waals surface area contributed by atoms with Crippen molar-refractivity contribution in [3.8, 4) is 0 Å². The van der Waals surface area contributed by atoms with Crippen LogP contribution < -0.4 is 5.32 Å². The molecule has 1 heterocycles. The van der Waals surface area contributed by atoms with E-state index in [1.54, 1.807) is 18.2 Å². The molecule has 4 nitrogen and oxygen atoms in total. The fourth-order valence-corrected chi connectivity index (χ4v) is 3.39. The second-order valence-electron chi connectivity index (χ2n) is 5.34. The first-order chi connectivity index (χ1) is 11.1. The van der Waals surface area contributed by atoms with Crippen molar-refractivity contribution in [2.24, 2.45) is 0 Å². The molecule has 1 aromatic heterocycles. The molecular weight excluding hydrogens is 308 g/mol. The summed E-state index contributed by atoms with van der Waals surface area (Å²) in [4.78, 5) is 15.6. The lowest BCUT2D eigenvalue weighted by atomic mass is 9.91. The third-order valence-corrected chi connectivity index (χ3v) is 4.98. The summed E-state index contributed by atoms with van der Waals surface area (Å²) < 4.78 is 0. The molecule has 0 aliphatic carbocycles. The predicted octanol–water partition coefficient (Wildman–Crippen LogP) is 2.44. The first-order valence-corrected chi connectivity index (χ1v) is 8.83. The summed E-state index contributed by atoms with van der Waals surface area (Å²) in [6.45, 7) is 7.37. The fourth-order valence-electron chi connectivity index (χ4n) is 2.54. The van der Waals surface area contributed by atoms with Gasteiger partial charge in [0.25, 0.3) is 5.91 Å². The van der Waals surface area contributed by atoms with E-state index in [4.69, 9.17) is 0 Å². The Kier molecular flexibility index (Phi) is 6.33. The van der Waals surface area contributed by atoms with Crippen LogP contribution in [0.3, 0.4) is 0 Å². The largest absolute Gasteiger partial charge is 0.371 e. The number of thiophene rings is 1. The Bertz CT molecular complexity index is 597. The van der Waals surface area contributed by atoms with Crippen molar-refractivity contribution in [3.63, 3.8) is 0 Å². The highest BCUT2D eigenvalue weighted by molar-refractivity contribution is 7.10. The van der Waals surface area contributed by atoms with Crippen molar-refractivity contribution in [1.82, 2.24) is 10.2 Å². The van der Waals surface area contributed by atoms with Crippen LogP contribution in [0.5, 0.6) is 0 Å². The third kappa shape index (κ3) is 3.99. The normalized spacial score (nSPS) is 13.7. The van der Waals surface area contributed by atoms with Crippen molar-refractivity contribution in [1.29, 1.82) is 0 Å². The maximum Gasteiger partial charge on any atom is 0.262 e. The molecule has 23 heavy (non-hydrogen) atoms.